The molecule has 1 aromatic rings. The second-order valence-electron chi connectivity index (χ2n) is 2.84. The van der Waals surface area contributed by atoms with E-state index >= 15 is 0 Å². The molecule has 0 saturated carbocycles. The molecule has 1 rings (SSSR count). The van der Waals surface area contributed by atoms with Crippen molar-refractivity contribution in [2.75, 3.05) is 6.61 Å². The van der Waals surface area contributed by atoms with Crippen LogP contribution in [0.5, 0.6) is 0 Å². The number of rotatable bonds is 4. The Bertz CT molecular complexity index is 464. The predicted molar refractivity (Wildman–Crippen MR) is 47.4 cm³/mol. The van der Waals surface area contributed by atoms with Gasteiger partial charge in [0.1, 0.15) is 0 Å². The molecular formula is C9H6F3NO4. The van der Waals surface area contributed by atoms with E-state index in [1.807, 2.05) is 0 Å². The highest BCUT2D eigenvalue weighted by Crippen LogP contribution is 2.14. The Morgan fingerprint density at radius 3 is 2.47 bits per heavy atom. The Morgan fingerprint density at radius 1 is 1.24 bits per heavy atom. The predicted octanol–water partition coefficient (Wildman–Crippen LogP) is 0.850. The molecular weight excluding hydrogens is 243 g/mol. The van der Waals surface area contributed by atoms with Crippen LogP contribution in [0.1, 0.15) is 10.4 Å². The van der Waals surface area contributed by atoms with Gasteiger partial charge in [0.05, 0.1) is 5.56 Å². The SMILES string of the molecule is O=C(O)CONC(=O)c1ccc(F)c(F)c1F. The van der Waals surface area contributed by atoms with Gasteiger partial charge in [-0.1, -0.05) is 0 Å². The molecule has 0 fully saturated rings. The molecule has 1 aromatic carbocycles. The summed E-state index contributed by atoms with van der Waals surface area (Å²) in [7, 11) is 0. The van der Waals surface area contributed by atoms with Crippen molar-refractivity contribution in [3.05, 3.63) is 35.1 Å². The number of carboxylic acids is 1. The molecule has 0 saturated heterocycles. The minimum absolute atomic E-state index is 0.560. The smallest absolute Gasteiger partial charge is 0.332 e. The third-order valence-electron chi connectivity index (χ3n) is 1.64. The highest BCUT2D eigenvalue weighted by Gasteiger charge is 2.18. The Kier molecular flexibility index (Phi) is 4.05. The normalized spacial score (nSPS) is 10.1. The first-order valence-corrected chi connectivity index (χ1v) is 4.21. The fourth-order valence-corrected chi connectivity index (χ4v) is 0.920. The van der Waals surface area contributed by atoms with Crippen LogP contribution in [0.2, 0.25) is 0 Å². The molecule has 5 nitrogen and oxygen atoms in total. The Labute approximate surface area is 92.8 Å². The third kappa shape index (κ3) is 3.18. The van der Waals surface area contributed by atoms with Gasteiger partial charge >= 0.3 is 5.97 Å². The second-order valence-corrected chi connectivity index (χ2v) is 2.84. The highest BCUT2D eigenvalue weighted by molar-refractivity contribution is 5.93. The number of hydrogen-bond donors (Lipinski definition) is 2. The van der Waals surface area contributed by atoms with Gasteiger partial charge in [-0.05, 0) is 12.1 Å². The molecule has 0 spiro atoms. The molecule has 8 heteroatoms. The minimum atomic E-state index is -1.80. The zero-order valence-corrected chi connectivity index (χ0v) is 8.17. The Morgan fingerprint density at radius 2 is 1.88 bits per heavy atom. The van der Waals surface area contributed by atoms with Crippen LogP contribution < -0.4 is 5.48 Å². The minimum Gasteiger partial charge on any atom is -0.479 e. The third-order valence-corrected chi connectivity index (χ3v) is 1.64. The molecule has 2 N–H and O–H groups in total. The van der Waals surface area contributed by atoms with Gasteiger partial charge in [-0.2, -0.15) is 0 Å². The molecule has 0 bridgehead atoms. The number of carboxylic acid groups (broad SMARTS) is 1. The number of amides is 1. The number of carbonyl (C=O) groups is 2. The standard InChI is InChI=1S/C9H6F3NO4/c10-5-2-1-4(7(11)8(5)12)9(16)13-17-3-6(14)15/h1-2H,3H2,(H,13,16)(H,14,15). The summed E-state index contributed by atoms with van der Waals surface area (Å²) in [5, 5.41) is 8.17. The zero-order chi connectivity index (χ0) is 13.0. The van der Waals surface area contributed by atoms with Crippen molar-refractivity contribution in [3.8, 4) is 0 Å². The van der Waals surface area contributed by atoms with E-state index in [4.69, 9.17) is 5.11 Å². The summed E-state index contributed by atoms with van der Waals surface area (Å²) in [5.74, 6) is -7.50. The second kappa shape index (κ2) is 5.30. The molecule has 0 heterocycles. The van der Waals surface area contributed by atoms with Crippen molar-refractivity contribution >= 4 is 11.9 Å². The van der Waals surface area contributed by atoms with Gasteiger partial charge in [-0.25, -0.2) is 23.4 Å². The molecule has 0 aromatic heterocycles. The lowest BCUT2D eigenvalue weighted by atomic mass is 10.2. The van der Waals surface area contributed by atoms with E-state index in [1.165, 1.54) is 0 Å². The average molecular weight is 249 g/mol. The molecule has 0 aliphatic rings. The number of halogens is 3. The van der Waals surface area contributed by atoms with Crippen LogP contribution in [-0.4, -0.2) is 23.6 Å². The summed E-state index contributed by atoms with van der Waals surface area (Å²) < 4.78 is 38.3. The lowest BCUT2D eigenvalue weighted by Gasteiger charge is -2.05. The summed E-state index contributed by atoms with van der Waals surface area (Å²) in [5.41, 5.74) is 0.772. The first-order chi connectivity index (χ1) is 7.93. The van der Waals surface area contributed by atoms with E-state index in [1.54, 1.807) is 5.48 Å². The highest BCUT2D eigenvalue weighted by atomic mass is 19.2. The maximum absolute atomic E-state index is 13.1. The molecule has 0 aliphatic heterocycles. The maximum Gasteiger partial charge on any atom is 0.332 e. The average Bonchev–Trinajstić information content (AvgIpc) is 2.25. The quantitative estimate of drug-likeness (QED) is 0.612. The van der Waals surface area contributed by atoms with Crippen LogP contribution >= 0.6 is 0 Å². The van der Waals surface area contributed by atoms with Crippen molar-refractivity contribution < 1.29 is 32.7 Å². The van der Waals surface area contributed by atoms with Crippen molar-refractivity contribution in [1.29, 1.82) is 0 Å². The lowest BCUT2D eigenvalue weighted by Crippen LogP contribution is -2.27. The fourth-order valence-electron chi connectivity index (χ4n) is 0.920. The number of hydrogen-bond acceptors (Lipinski definition) is 3. The molecule has 92 valence electrons. The van der Waals surface area contributed by atoms with E-state index in [2.05, 4.69) is 4.84 Å². The summed E-state index contributed by atoms with van der Waals surface area (Å²) in [6.45, 7) is -0.850. The molecule has 17 heavy (non-hydrogen) atoms. The summed E-state index contributed by atoms with van der Waals surface area (Å²) in [4.78, 5) is 25.3. The first kappa shape index (κ1) is 13.0. The number of nitrogens with one attached hydrogen (secondary N) is 1. The van der Waals surface area contributed by atoms with Crippen molar-refractivity contribution in [2.24, 2.45) is 0 Å². The van der Waals surface area contributed by atoms with Gasteiger partial charge in [0.2, 0.25) is 0 Å². The van der Waals surface area contributed by atoms with Crippen LogP contribution in [0.3, 0.4) is 0 Å². The van der Waals surface area contributed by atoms with E-state index < -0.39 is 41.5 Å². The number of carbonyl (C=O) groups excluding carboxylic acids is 1. The molecule has 0 radical (unpaired) electrons. The Balaban J connectivity index is 2.76. The van der Waals surface area contributed by atoms with Crippen LogP contribution in [0.25, 0.3) is 0 Å². The molecule has 0 atom stereocenters. The number of benzene rings is 1. The van der Waals surface area contributed by atoms with Gasteiger partial charge in [0.25, 0.3) is 5.91 Å². The number of aliphatic carboxylic acids is 1. The zero-order valence-electron chi connectivity index (χ0n) is 8.17. The van der Waals surface area contributed by atoms with Crippen LogP contribution in [0, 0.1) is 17.5 Å². The topological polar surface area (TPSA) is 75.6 Å². The van der Waals surface area contributed by atoms with Gasteiger partial charge in [-0.3, -0.25) is 9.63 Å². The molecule has 0 aliphatic carbocycles. The largest absolute Gasteiger partial charge is 0.479 e. The van der Waals surface area contributed by atoms with Crippen LogP contribution in [0.15, 0.2) is 12.1 Å². The van der Waals surface area contributed by atoms with Crippen LogP contribution in [0.4, 0.5) is 13.2 Å². The maximum atomic E-state index is 13.1. The Hall–Kier alpha value is -2.09. The summed E-state index contributed by atoms with van der Waals surface area (Å²) in [6.07, 6.45) is 0. The van der Waals surface area contributed by atoms with Gasteiger partial charge in [0.15, 0.2) is 24.1 Å². The monoisotopic (exact) mass is 249 g/mol. The summed E-state index contributed by atoms with van der Waals surface area (Å²) >= 11 is 0. The van der Waals surface area contributed by atoms with Gasteiger partial charge < -0.3 is 5.11 Å². The van der Waals surface area contributed by atoms with Crippen LogP contribution in [-0.2, 0) is 9.63 Å². The van der Waals surface area contributed by atoms with E-state index in [9.17, 15) is 22.8 Å². The van der Waals surface area contributed by atoms with E-state index in [0.717, 1.165) is 0 Å². The van der Waals surface area contributed by atoms with Crippen molar-refractivity contribution in [1.82, 2.24) is 5.48 Å². The lowest BCUT2D eigenvalue weighted by molar-refractivity contribution is -0.144. The van der Waals surface area contributed by atoms with Crippen molar-refractivity contribution in [2.45, 2.75) is 0 Å². The fraction of sp³-hybridized carbons (Fsp3) is 0.111. The molecule has 1 amide bonds. The van der Waals surface area contributed by atoms with Gasteiger partial charge in [0, 0.05) is 0 Å². The van der Waals surface area contributed by atoms with Gasteiger partial charge in [-0.15, -0.1) is 0 Å². The first-order valence-electron chi connectivity index (χ1n) is 4.21. The molecule has 0 unspecified atom stereocenters. The number of hydroxylamine groups is 1. The van der Waals surface area contributed by atoms with Crippen molar-refractivity contribution in [3.63, 3.8) is 0 Å². The van der Waals surface area contributed by atoms with E-state index in [0.29, 0.717) is 12.1 Å². The van der Waals surface area contributed by atoms with E-state index in [-0.39, 0.29) is 0 Å². The summed E-state index contributed by atoms with van der Waals surface area (Å²) in [6, 6.07) is 1.26.